The molecule has 0 heterocycles. The molecule has 0 aromatic rings. The number of hydrogen-bond donors (Lipinski definition) is 0. The van der Waals surface area contributed by atoms with Crippen LogP contribution < -0.4 is 0 Å². The highest BCUT2D eigenvalue weighted by Gasteiger charge is 2.46. The maximum atomic E-state index is 7.01. The van der Waals surface area contributed by atoms with Gasteiger partial charge in [-0.25, -0.2) is 0 Å². The fraction of sp³-hybridized carbons (Fsp3) is 1.00. The molecule has 0 aliphatic rings. The van der Waals surface area contributed by atoms with Gasteiger partial charge < -0.3 is 13.3 Å². The molecule has 0 aliphatic carbocycles. The molecule has 0 amide bonds. The van der Waals surface area contributed by atoms with Gasteiger partial charge in [-0.2, -0.15) is 0 Å². The van der Waals surface area contributed by atoms with Crippen molar-refractivity contribution in [3.05, 3.63) is 0 Å². The number of hydrogen-bond acceptors (Lipinski definition) is 3. The van der Waals surface area contributed by atoms with Crippen LogP contribution in [0.25, 0.3) is 0 Å². The van der Waals surface area contributed by atoms with E-state index in [2.05, 4.69) is 48.5 Å². The van der Waals surface area contributed by atoms with E-state index in [1.807, 2.05) is 0 Å². The molecular weight excluding hydrogens is 409 g/mol. The van der Waals surface area contributed by atoms with E-state index < -0.39 is 22.6 Å². The van der Waals surface area contributed by atoms with Crippen molar-refractivity contribution in [3.63, 3.8) is 0 Å². The molecule has 6 heteroatoms. The average molecular weight is 463 g/mol. The van der Waals surface area contributed by atoms with Gasteiger partial charge in [0.15, 0.2) is 27.1 Å². The number of rotatable bonds is 20. The molecule has 0 spiro atoms. The van der Waals surface area contributed by atoms with Crippen LogP contribution in [0.3, 0.4) is 0 Å². The van der Waals surface area contributed by atoms with Crippen LogP contribution in [0, 0.1) is 0 Å². The molecular formula is C23H54O3Si3. The second-order valence-electron chi connectivity index (χ2n) is 8.80. The summed E-state index contributed by atoms with van der Waals surface area (Å²) in [6.07, 6.45) is 11.5. The van der Waals surface area contributed by atoms with E-state index in [1.165, 1.54) is 44.9 Å². The van der Waals surface area contributed by atoms with Gasteiger partial charge in [0, 0.05) is 6.42 Å². The van der Waals surface area contributed by atoms with Crippen molar-refractivity contribution in [3.8, 4) is 0 Å². The molecule has 0 rings (SSSR count). The highest BCUT2D eigenvalue weighted by atomic mass is 28.4. The largest absolute Gasteiger partial charge is 0.382 e. The van der Waals surface area contributed by atoms with Crippen molar-refractivity contribution in [2.45, 2.75) is 148 Å². The molecule has 0 atom stereocenters. The van der Waals surface area contributed by atoms with Crippen LogP contribution in [0.4, 0.5) is 0 Å². The molecule has 0 aliphatic heterocycles. The first-order valence-electron chi connectivity index (χ1n) is 12.9. The Morgan fingerprint density at radius 1 is 0.552 bits per heavy atom. The predicted octanol–water partition coefficient (Wildman–Crippen LogP) is 7.51. The van der Waals surface area contributed by atoms with Crippen LogP contribution in [0.2, 0.25) is 36.3 Å². The molecule has 0 saturated heterocycles. The third-order valence-electron chi connectivity index (χ3n) is 7.26. The second kappa shape index (κ2) is 16.2. The van der Waals surface area contributed by atoms with Crippen molar-refractivity contribution < 1.29 is 13.3 Å². The lowest BCUT2D eigenvalue weighted by atomic mass is 10.1. The second-order valence-corrected chi connectivity index (χ2v) is 18.6. The van der Waals surface area contributed by atoms with E-state index in [0.717, 1.165) is 49.1 Å². The lowest BCUT2D eigenvalue weighted by molar-refractivity contribution is -0.270. The molecule has 176 valence electrons. The monoisotopic (exact) mass is 462 g/mol. The third kappa shape index (κ3) is 10.1. The van der Waals surface area contributed by atoms with E-state index in [0.29, 0.717) is 10.5 Å². The molecule has 0 aromatic heterocycles. The lowest BCUT2D eigenvalue weighted by Crippen LogP contribution is -2.56. The Morgan fingerprint density at radius 2 is 0.897 bits per heavy atom. The molecule has 0 unspecified atom stereocenters. The van der Waals surface area contributed by atoms with Crippen molar-refractivity contribution in [2.24, 2.45) is 0 Å². The smallest absolute Gasteiger partial charge is 0.253 e. The minimum atomic E-state index is -1.81. The summed E-state index contributed by atoms with van der Waals surface area (Å²) in [4.78, 5) is 0. The Bertz CT molecular complexity index is 347. The summed E-state index contributed by atoms with van der Waals surface area (Å²) in [6.45, 7) is 16.1. The Morgan fingerprint density at radius 3 is 1.21 bits per heavy atom. The molecule has 0 bridgehead atoms. The van der Waals surface area contributed by atoms with Gasteiger partial charge in [-0.15, -0.1) is 0 Å². The Balaban J connectivity index is 5.20. The summed E-state index contributed by atoms with van der Waals surface area (Å²) in [5.41, 5.74) is 0. The zero-order valence-electron chi connectivity index (χ0n) is 21.3. The topological polar surface area (TPSA) is 27.7 Å². The normalized spacial score (nSPS) is 13.3. The first-order chi connectivity index (χ1) is 13.9. The molecule has 0 radical (unpaired) electrons. The summed E-state index contributed by atoms with van der Waals surface area (Å²) in [6, 6.07) is 6.87. The zero-order chi connectivity index (χ0) is 22.2. The third-order valence-corrected chi connectivity index (χ3v) is 17.1. The maximum Gasteiger partial charge on any atom is 0.253 e. The molecule has 0 aromatic carbocycles. The van der Waals surface area contributed by atoms with Gasteiger partial charge in [-0.1, -0.05) is 93.4 Å². The molecule has 0 fully saturated rings. The highest BCUT2D eigenvalue weighted by molar-refractivity contribution is 6.74. The molecule has 29 heavy (non-hydrogen) atoms. The molecule has 0 N–H and O–H groups in total. The van der Waals surface area contributed by atoms with Crippen LogP contribution in [0.15, 0.2) is 0 Å². The van der Waals surface area contributed by atoms with E-state index in [9.17, 15) is 0 Å². The van der Waals surface area contributed by atoms with E-state index in [-0.39, 0.29) is 0 Å². The molecule has 0 saturated carbocycles. The van der Waals surface area contributed by atoms with Crippen LogP contribution in [0.5, 0.6) is 0 Å². The van der Waals surface area contributed by atoms with E-state index in [1.54, 1.807) is 0 Å². The summed E-state index contributed by atoms with van der Waals surface area (Å²) < 4.78 is 20.3. The predicted molar refractivity (Wildman–Crippen MR) is 138 cm³/mol. The van der Waals surface area contributed by atoms with Crippen LogP contribution in [0.1, 0.15) is 106 Å². The van der Waals surface area contributed by atoms with Crippen LogP contribution in [-0.4, -0.2) is 33.1 Å². The number of unbranched alkanes of at least 4 members (excludes halogenated alkanes) is 7. The Kier molecular flexibility index (Phi) is 16.5. The summed E-state index contributed by atoms with van der Waals surface area (Å²) in [5, 5.41) is 0. The van der Waals surface area contributed by atoms with Gasteiger partial charge in [-0.3, -0.25) is 0 Å². The molecule has 3 nitrogen and oxygen atoms in total. The fourth-order valence-corrected chi connectivity index (χ4v) is 10.8. The maximum absolute atomic E-state index is 7.01. The van der Waals surface area contributed by atoms with Gasteiger partial charge in [0.1, 0.15) is 0 Å². The van der Waals surface area contributed by atoms with E-state index >= 15 is 0 Å². The van der Waals surface area contributed by atoms with Crippen LogP contribution >= 0.6 is 0 Å². The average Bonchev–Trinajstić information content (AvgIpc) is 2.77. The standard InChI is InChI=1S/C23H54O3Si3/c1-8-15-16-17-18-19-20-21-22-23(24-27,25-28(9-2,10-3)11-4)26-29(12-5,13-6)14-7/h8-22H2,1-7,27H3. The van der Waals surface area contributed by atoms with Crippen molar-refractivity contribution in [2.75, 3.05) is 0 Å². The van der Waals surface area contributed by atoms with Gasteiger partial charge in [0.05, 0.1) is 0 Å². The van der Waals surface area contributed by atoms with Gasteiger partial charge in [0.25, 0.3) is 5.97 Å². The summed E-state index contributed by atoms with van der Waals surface area (Å²) >= 11 is 0. The Hall–Kier alpha value is 0.531. The quantitative estimate of drug-likeness (QED) is 0.106. The van der Waals surface area contributed by atoms with Crippen molar-refractivity contribution >= 4 is 27.1 Å². The zero-order valence-corrected chi connectivity index (χ0v) is 25.3. The van der Waals surface area contributed by atoms with Crippen molar-refractivity contribution in [1.29, 1.82) is 0 Å². The summed E-state index contributed by atoms with van der Waals surface area (Å²) in [5.74, 6) is -0.753. The first kappa shape index (κ1) is 29.5. The fourth-order valence-electron chi connectivity index (χ4n) is 4.38. The van der Waals surface area contributed by atoms with Crippen molar-refractivity contribution in [1.82, 2.24) is 0 Å². The first-order valence-corrected chi connectivity index (χ1v) is 18.7. The van der Waals surface area contributed by atoms with Crippen LogP contribution in [-0.2, 0) is 13.3 Å². The SMILES string of the molecule is CCCCCCCCCCC(O[SiH3])(O[Si](CC)(CC)CC)O[Si](CC)(CC)CC. The van der Waals surface area contributed by atoms with Gasteiger partial charge in [-0.05, 0) is 42.7 Å². The summed E-state index contributed by atoms with van der Waals surface area (Å²) in [7, 11) is -2.95. The van der Waals surface area contributed by atoms with Gasteiger partial charge >= 0.3 is 0 Å². The van der Waals surface area contributed by atoms with Gasteiger partial charge in [0.2, 0.25) is 0 Å². The highest BCUT2D eigenvalue weighted by Crippen LogP contribution is 2.37. The Labute approximate surface area is 188 Å². The lowest BCUT2D eigenvalue weighted by Gasteiger charge is -2.46. The minimum absolute atomic E-state index is 0.663. The minimum Gasteiger partial charge on any atom is -0.382 e. The van der Waals surface area contributed by atoms with E-state index in [4.69, 9.17) is 13.3 Å².